The van der Waals surface area contributed by atoms with Crippen molar-refractivity contribution in [2.24, 2.45) is 0 Å². The summed E-state index contributed by atoms with van der Waals surface area (Å²) in [5.41, 5.74) is 1.11. The fourth-order valence-corrected chi connectivity index (χ4v) is 1.95. The third-order valence-corrected chi connectivity index (χ3v) is 2.91. The van der Waals surface area contributed by atoms with Crippen molar-refractivity contribution in [3.8, 4) is 5.75 Å². The van der Waals surface area contributed by atoms with Crippen LogP contribution in [-0.2, 0) is 11.3 Å². The average molecular weight is 299 g/mol. The number of carbonyl (C=O) groups is 1. The highest BCUT2D eigenvalue weighted by atomic mass is 35.5. The van der Waals surface area contributed by atoms with E-state index >= 15 is 0 Å². The summed E-state index contributed by atoms with van der Waals surface area (Å²) < 4.78 is 5.54. The van der Waals surface area contributed by atoms with Crippen LogP contribution in [0, 0.1) is 0 Å². The second kappa shape index (κ2) is 8.82. The number of benzene rings is 1. The Morgan fingerprint density at radius 2 is 2.15 bits per heavy atom. The van der Waals surface area contributed by atoms with Gasteiger partial charge in [-0.2, -0.15) is 0 Å². The van der Waals surface area contributed by atoms with Crippen LogP contribution < -0.4 is 15.4 Å². The molecule has 20 heavy (non-hydrogen) atoms. The minimum atomic E-state index is -0.0140. The first-order valence-corrected chi connectivity index (χ1v) is 7.32. The molecule has 0 aliphatic heterocycles. The first kappa shape index (κ1) is 16.8. The van der Waals surface area contributed by atoms with Crippen molar-refractivity contribution < 1.29 is 9.53 Å². The Kier molecular flexibility index (Phi) is 7.41. The second-order valence-electron chi connectivity index (χ2n) is 4.87. The first-order chi connectivity index (χ1) is 9.52. The standard InChI is InChI=1S/C15H23ClN2O2/c1-4-17-10-12-5-6-14(13(16)9-12)20-8-7-15(19)18-11(2)3/h5-6,9,11,17H,4,7-8,10H2,1-3H3,(H,18,19). The van der Waals surface area contributed by atoms with Crippen LogP contribution in [0.3, 0.4) is 0 Å². The van der Waals surface area contributed by atoms with Gasteiger partial charge in [-0.05, 0) is 38.1 Å². The number of nitrogens with one attached hydrogen (secondary N) is 2. The van der Waals surface area contributed by atoms with E-state index in [-0.39, 0.29) is 11.9 Å². The SMILES string of the molecule is CCNCc1ccc(OCCC(=O)NC(C)C)c(Cl)c1. The molecule has 0 heterocycles. The molecule has 112 valence electrons. The molecule has 0 saturated heterocycles. The molecule has 0 aliphatic rings. The Hall–Kier alpha value is -1.26. The summed E-state index contributed by atoms with van der Waals surface area (Å²) in [6.07, 6.45) is 0.327. The summed E-state index contributed by atoms with van der Waals surface area (Å²) in [6.45, 7) is 7.94. The van der Waals surface area contributed by atoms with Crippen LogP contribution in [0.1, 0.15) is 32.8 Å². The highest BCUT2D eigenvalue weighted by Crippen LogP contribution is 2.25. The van der Waals surface area contributed by atoms with Crippen molar-refractivity contribution in [1.29, 1.82) is 0 Å². The van der Waals surface area contributed by atoms with Crippen LogP contribution in [0.4, 0.5) is 0 Å². The van der Waals surface area contributed by atoms with Crippen molar-refractivity contribution in [3.05, 3.63) is 28.8 Å². The zero-order valence-corrected chi connectivity index (χ0v) is 13.1. The molecular formula is C15H23ClN2O2. The Labute approximate surface area is 125 Å². The predicted octanol–water partition coefficient (Wildman–Crippen LogP) is 2.74. The smallest absolute Gasteiger partial charge is 0.223 e. The monoisotopic (exact) mass is 298 g/mol. The molecule has 1 rings (SSSR count). The highest BCUT2D eigenvalue weighted by molar-refractivity contribution is 6.32. The molecule has 1 amide bonds. The maximum absolute atomic E-state index is 11.5. The van der Waals surface area contributed by atoms with Crippen molar-refractivity contribution in [2.75, 3.05) is 13.2 Å². The molecule has 2 N–H and O–H groups in total. The summed E-state index contributed by atoms with van der Waals surface area (Å²) in [4.78, 5) is 11.5. The van der Waals surface area contributed by atoms with Crippen molar-refractivity contribution in [3.63, 3.8) is 0 Å². The van der Waals surface area contributed by atoms with Gasteiger partial charge in [0, 0.05) is 12.6 Å². The van der Waals surface area contributed by atoms with E-state index < -0.39 is 0 Å². The van der Waals surface area contributed by atoms with Crippen LogP contribution in [0.2, 0.25) is 5.02 Å². The normalized spacial score (nSPS) is 10.7. The molecule has 0 aromatic heterocycles. The summed E-state index contributed by atoms with van der Waals surface area (Å²) in [5, 5.41) is 6.62. The predicted molar refractivity (Wildman–Crippen MR) is 82.2 cm³/mol. The zero-order chi connectivity index (χ0) is 15.0. The Balaban J connectivity index is 2.42. The fraction of sp³-hybridized carbons (Fsp3) is 0.533. The van der Waals surface area contributed by atoms with Gasteiger partial charge in [0.1, 0.15) is 5.75 Å². The second-order valence-corrected chi connectivity index (χ2v) is 5.27. The number of halogens is 1. The molecule has 0 fully saturated rings. The molecule has 0 saturated carbocycles. The lowest BCUT2D eigenvalue weighted by Gasteiger charge is -2.11. The fourth-order valence-electron chi connectivity index (χ4n) is 1.69. The van der Waals surface area contributed by atoms with Gasteiger partial charge in [-0.15, -0.1) is 0 Å². The number of carbonyl (C=O) groups excluding carboxylic acids is 1. The minimum Gasteiger partial charge on any atom is -0.491 e. The zero-order valence-electron chi connectivity index (χ0n) is 12.3. The lowest BCUT2D eigenvalue weighted by Crippen LogP contribution is -2.31. The highest BCUT2D eigenvalue weighted by Gasteiger charge is 2.06. The Morgan fingerprint density at radius 3 is 2.75 bits per heavy atom. The van der Waals surface area contributed by atoms with Gasteiger partial charge in [0.05, 0.1) is 18.1 Å². The van der Waals surface area contributed by atoms with Crippen molar-refractivity contribution in [2.45, 2.75) is 39.8 Å². The summed E-state index contributed by atoms with van der Waals surface area (Å²) >= 11 is 6.15. The summed E-state index contributed by atoms with van der Waals surface area (Å²) in [6, 6.07) is 5.85. The van der Waals surface area contributed by atoms with E-state index in [4.69, 9.17) is 16.3 Å². The van der Waals surface area contributed by atoms with E-state index in [0.717, 1.165) is 18.7 Å². The largest absolute Gasteiger partial charge is 0.491 e. The third-order valence-electron chi connectivity index (χ3n) is 2.61. The third kappa shape index (κ3) is 6.26. The summed E-state index contributed by atoms with van der Waals surface area (Å²) in [5.74, 6) is 0.601. The van der Waals surface area contributed by atoms with Crippen LogP contribution in [0.15, 0.2) is 18.2 Å². The van der Waals surface area contributed by atoms with Crippen LogP contribution >= 0.6 is 11.6 Å². The van der Waals surface area contributed by atoms with Gasteiger partial charge in [-0.1, -0.05) is 24.6 Å². The molecule has 0 aliphatic carbocycles. The van der Waals surface area contributed by atoms with Crippen molar-refractivity contribution >= 4 is 17.5 Å². The van der Waals surface area contributed by atoms with Crippen molar-refractivity contribution in [1.82, 2.24) is 10.6 Å². The van der Waals surface area contributed by atoms with Gasteiger partial charge >= 0.3 is 0 Å². The van der Waals surface area contributed by atoms with Gasteiger partial charge in [-0.25, -0.2) is 0 Å². The maximum Gasteiger partial charge on any atom is 0.223 e. The van der Waals surface area contributed by atoms with Gasteiger partial charge in [0.2, 0.25) is 5.91 Å². The number of rotatable bonds is 8. The molecule has 0 atom stereocenters. The Morgan fingerprint density at radius 1 is 1.40 bits per heavy atom. The molecular weight excluding hydrogens is 276 g/mol. The van der Waals surface area contributed by atoms with Crippen LogP contribution in [0.25, 0.3) is 0 Å². The lowest BCUT2D eigenvalue weighted by atomic mass is 10.2. The number of hydrogen-bond donors (Lipinski definition) is 2. The number of amides is 1. The van der Waals surface area contributed by atoms with Gasteiger partial charge < -0.3 is 15.4 Å². The van der Waals surface area contributed by atoms with Gasteiger partial charge in [-0.3, -0.25) is 4.79 Å². The molecule has 0 radical (unpaired) electrons. The topological polar surface area (TPSA) is 50.4 Å². The van der Waals surface area contributed by atoms with E-state index in [0.29, 0.717) is 23.8 Å². The maximum atomic E-state index is 11.5. The lowest BCUT2D eigenvalue weighted by molar-refractivity contribution is -0.122. The van der Waals surface area contributed by atoms with Gasteiger partial charge in [0.15, 0.2) is 0 Å². The van der Waals surface area contributed by atoms with E-state index in [9.17, 15) is 4.79 Å². The van der Waals surface area contributed by atoms with E-state index in [2.05, 4.69) is 17.6 Å². The molecule has 0 bridgehead atoms. The van der Waals surface area contributed by atoms with Gasteiger partial charge in [0.25, 0.3) is 0 Å². The molecule has 0 unspecified atom stereocenters. The number of ether oxygens (including phenoxy) is 1. The minimum absolute atomic E-state index is 0.0140. The molecule has 1 aromatic carbocycles. The van der Waals surface area contributed by atoms with Crippen LogP contribution in [-0.4, -0.2) is 25.1 Å². The molecule has 0 spiro atoms. The number of hydrogen-bond acceptors (Lipinski definition) is 3. The summed E-state index contributed by atoms with van der Waals surface area (Å²) in [7, 11) is 0. The van der Waals surface area contributed by atoms with E-state index in [1.165, 1.54) is 0 Å². The quantitative estimate of drug-likeness (QED) is 0.776. The average Bonchev–Trinajstić information content (AvgIpc) is 2.37. The van der Waals surface area contributed by atoms with E-state index in [1.807, 2.05) is 32.0 Å². The Bertz CT molecular complexity index is 436. The molecule has 4 nitrogen and oxygen atoms in total. The van der Waals surface area contributed by atoms with Crippen LogP contribution in [0.5, 0.6) is 5.75 Å². The first-order valence-electron chi connectivity index (χ1n) is 6.94. The van der Waals surface area contributed by atoms with E-state index in [1.54, 1.807) is 0 Å². The molecule has 5 heteroatoms. The molecule has 1 aromatic rings.